The number of rotatable bonds is 4. The third-order valence-electron chi connectivity index (χ3n) is 3.24. The average molecular weight is 284 g/mol. The Balaban J connectivity index is 1.83. The Kier molecular flexibility index (Phi) is 4.80. The van der Waals surface area contributed by atoms with E-state index in [1.807, 2.05) is 12.1 Å². The van der Waals surface area contributed by atoms with E-state index in [0.29, 0.717) is 4.99 Å². The van der Waals surface area contributed by atoms with Gasteiger partial charge in [0.2, 0.25) is 0 Å². The summed E-state index contributed by atoms with van der Waals surface area (Å²) in [6.45, 7) is 5.18. The molecule has 5 heteroatoms. The molecular weight excluding hydrogens is 266 g/mol. The van der Waals surface area contributed by atoms with Crippen LogP contribution in [-0.2, 0) is 0 Å². The van der Waals surface area contributed by atoms with Crippen LogP contribution in [-0.4, -0.2) is 42.6 Å². The Morgan fingerprint density at radius 2 is 1.78 bits per heavy atom. The van der Waals surface area contributed by atoms with Gasteiger partial charge in [0, 0.05) is 49.9 Å². The Morgan fingerprint density at radius 1 is 1.17 bits per heavy atom. The first-order chi connectivity index (χ1) is 8.65. The zero-order valence-electron chi connectivity index (χ0n) is 10.3. The number of thiocarbonyl (C=S) groups is 1. The highest BCUT2D eigenvalue weighted by atomic mass is 35.5. The molecule has 0 atom stereocenters. The van der Waals surface area contributed by atoms with Crippen molar-refractivity contribution in [3.8, 4) is 0 Å². The summed E-state index contributed by atoms with van der Waals surface area (Å²) in [5, 5.41) is 0.786. The van der Waals surface area contributed by atoms with Crippen molar-refractivity contribution >= 4 is 34.5 Å². The molecule has 3 nitrogen and oxygen atoms in total. The molecule has 1 aliphatic heterocycles. The lowest BCUT2D eigenvalue weighted by Crippen LogP contribution is -2.47. The van der Waals surface area contributed by atoms with Crippen LogP contribution in [0, 0.1) is 0 Å². The number of halogens is 1. The van der Waals surface area contributed by atoms with Gasteiger partial charge in [0.1, 0.15) is 0 Å². The summed E-state index contributed by atoms with van der Waals surface area (Å²) in [6, 6.07) is 8.03. The van der Waals surface area contributed by atoms with E-state index in [1.165, 1.54) is 5.69 Å². The second kappa shape index (κ2) is 6.36. The number of piperazine rings is 1. The summed E-state index contributed by atoms with van der Waals surface area (Å²) in [5.41, 5.74) is 6.77. The van der Waals surface area contributed by atoms with Crippen LogP contribution in [0.2, 0.25) is 5.02 Å². The zero-order chi connectivity index (χ0) is 13.0. The quantitative estimate of drug-likeness (QED) is 0.858. The van der Waals surface area contributed by atoms with E-state index in [9.17, 15) is 0 Å². The maximum Gasteiger partial charge on any atom is 0.0740 e. The smallest absolute Gasteiger partial charge is 0.0740 e. The Morgan fingerprint density at radius 3 is 2.33 bits per heavy atom. The van der Waals surface area contributed by atoms with E-state index in [1.54, 1.807) is 0 Å². The molecule has 0 bridgehead atoms. The summed E-state index contributed by atoms with van der Waals surface area (Å²) in [6.07, 6.45) is 0.816. The summed E-state index contributed by atoms with van der Waals surface area (Å²) >= 11 is 10.8. The van der Waals surface area contributed by atoms with Crippen LogP contribution in [0.3, 0.4) is 0 Å². The minimum absolute atomic E-state index is 0.607. The number of nitrogens with two attached hydrogens (primary N) is 1. The van der Waals surface area contributed by atoms with Crippen LogP contribution in [0.5, 0.6) is 0 Å². The first kappa shape index (κ1) is 13.6. The highest BCUT2D eigenvalue weighted by Crippen LogP contribution is 2.19. The molecule has 2 N–H and O–H groups in total. The van der Waals surface area contributed by atoms with Crippen molar-refractivity contribution in [2.24, 2.45) is 5.73 Å². The van der Waals surface area contributed by atoms with Crippen molar-refractivity contribution in [1.29, 1.82) is 0 Å². The van der Waals surface area contributed by atoms with Crippen molar-refractivity contribution in [3.63, 3.8) is 0 Å². The summed E-state index contributed by atoms with van der Waals surface area (Å²) in [7, 11) is 0. The number of nitrogens with zero attached hydrogens (tertiary/aromatic N) is 2. The third-order valence-corrected chi connectivity index (χ3v) is 3.69. The number of hydrogen-bond acceptors (Lipinski definition) is 3. The van der Waals surface area contributed by atoms with Gasteiger partial charge in [-0.2, -0.15) is 0 Å². The van der Waals surface area contributed by atoms with Gasteiger partial charge in [0.25, 0.3) is 0 Å². The largest absolute Gasteiger partial charge is 0.393 e. The van der Waals surface area contributed by atoms with Crippen LogP contribution >= 0.6 is 23.8 Å². The molecule has 0 aliphatic carbocycles. The highest BCUT2D eigenvalue weighted by Gasteiger charge is 2.16. The highest BCUT2D eigenvalue weighted by molar-refractivity contribution is 7.80. The van der Waals surface area contributed by atoms with Gasteiger partial charge in [-0.1, -0.05) is 23.8 Å². The molecule has 98 valence electrons. The molecule has 1 aromatic carbocycles. The van der Waals surface area contributed by atoms with Crippen LogP contribution < -0.4 is 10.6 Å². The van der Waals surface area contributed by atoms with Crippen LogP contribution in [0.15, 0.2) is 24.3 Å². The fraction of sp³-hybridized carbons (Fsp3) is 0.462. The van der Waals surface area contributed by atoms with Crippen molar-refractivity contribution in [1.82, 2.24) is 4.90 Å². The maximum absolute atomic E-state index is 5.89. The summed E-state index contributed by atoms with van der Waals surface area (Å²) in [5.74, 6) is 0. The molecule has 1 heterocycles. The van der Waals surface area contributed by atoms with Crippen LogP contribution in [0.4, 0.5) is 5.69 Å². The number of benzene rings is 1. The zero-order valence-corrected chi connectivity index (χ0v) is 11.9. The van der Waals surface area contributed by atoms with Gasteiger partial charge in [0.05, 0.1) is 4.99 Å². The van der Waals surface area contributed by atoms with Gasteiger partial charge in [-0.3, -0.25) is 4.90 Å². The molecule has 0 saturated carbocycles. The molecule has 1 aromatic rings. The molecule has 0 aromatic heterocycles. The average Bonchev–Trinajstić information content (AvgIpc) is 2.38. The predicted molar refractivity (Wildman–Crippen MR) is 81.5 cm³/mol. The standard InChI is InChI=1S/C13H18ClN3S/c14-11-1-3-12(4-2-11)17-9-7-16(8-10-17)6-5-13(15)18/h1-4H,5-10H2,(H2,15,18). The van der Waals surface area contributed by atoms with Crippen LogP contribution in [0.1, 0.15) is 6.42 Å². The van der Waals surface area contributed by atoms with E-state index >= 15 is 0 Å². The lowest BCUT2D eigenvalue weighted by molar-refractivity contribution is 0.265. The number of hydrogen-bond donors (Lipinski definition) is 1. The minimum Gasteiger partial charge on any atom is -0.393 e. The van der Waals surface area contributed by atoms with Crippen molar-refractivity contribution in [3.05, 3.63) is 29.3 Å². The molecule has 2 rings (SSSR count). The fourth-order valence-electron chi connectivity index (χ4n) is 2.15. The van der Waals surface area contributed by atoms with Gasteiger partial charge in [-0.05, 0) is 24.3 Å². The molecule has 0 radical (unpaired) electrons. The topological polar surface area (TPSA) is 32.5 Å². The molecule has 1 aliphatic rings. The van der Waals surface area contributed by atoms with E-state index < -0.39 is 0 Å². The van der Waals surface area contributed by atoms with Crippen molar-refractivity contribution < 1.29 is 0 Å². The molecular formula is C13H18ClN3S. The van der Waals surface area contributed by atoms with E-state index in [2.05, 4.69) is 21.9 Å². The third kappa shape index (κ3) is 3.83. The molecule has 0 amide bonds. The Bertz CT molecular complexity index is 399. The Hall–Kier alpha value is -0.840. The SMILES string of the molecule is NC(=S)CCN1CCN(c2ccc(Cl)cc2)CC1. The lowest BCUT2D eigenvalue weighted by atomic mass is 10.2. The van der Waals surface area contributed by atoms with Crippen molar-refractivity contribution in [2.45, 2.75) is 6.42 Å². The Labute approximate surface area is 119 Å². The second-order valence-electron chi connectivity index (χ2n) is 4.52. The van der Waals surface area contributed by atoms with Gasteiger partial charge in [-0.15, -0.1) is 0 Å². The molecule has 1 fully saturated rings. The molecule has 0 spiro atoms. The lowest BCUT2D eigenvalue weighted by Gasteiger charge is -2.36. The van der Waals surface area contributed by atoms with Crippen molar-refractivity contribution in [2.75, 3.05) is 37.6 Å². The predicted octanol–water partition coefficient (Wildman–Crippen LogP) is 2.14. The normalized spacial score (nSPS) is 16.8. The monoisotopic (exact) mass is 283 g/mol. The molecule has 1 saturated heterocycles. The second-order valence-corrected chi connectivity index (χ2v) is 5.48. The van der Waals surface area contributed by atoms with E-state index in [4.69, 9.17) is 29.6 Å². The number of anilines is 1. The fourth-order valence-corrected chi connectivity index (χ4v) is 2.37. The maximum atomic E-state index is 5.89. The minimum atomic E-state index is 0.607. The summed E-state index contributed by atoms with van der Waals surface area (Å²) < 4.78 is 0. The first-order valence-corrected chi connectivity index (χ1v) is 6.95. The van der Waals surface area contributed by atoms with Gasteiger partial charge < -0.3 is 10.6 Å². The molecule has 0 unspecified atom stereocenters. The van der Waals surface area contributed by atoms with Gasteiger partial charge >= 0.3 is 0 Å². The summed E-state index contributed by atoms with van der Waals surface area (Å²) in [4.78, 5) is 5.40. The van der Waals surface area contributed by atoms with E-state index in [-0.39, 0.29) is 0 Å². The van der Waals surface area contributed by atoms with E-state index in [0.717, 1.165) is 44.2 Å². The van der Waals surface area contributed by atoms with Gasteiger partial charge in [0.15, 0.2) is 0 Å². The van der Waals surface area contributed by atoms with Crippen LogP contribution in [0.25, 0.3) is 0 Å². The first-order valence-electron chi connectivity index (χ1n) is 6.16. The molecule has 18 heavy (non-hydrogen) atoms. The van der Waals surface area contributed by atoms with Gasteiger partial charge in [-0.25, -0.2) is 0 Å².